The van der Waals surface area contributed by atoms with Crippen molar-refractivity contribution in [2.24, 2.45) is 0 Å². The van der Waals surface area contributed by atoms with Crippen molar-refractivity contribution in [1.29, 1.82) is 0 Å². The van der Waals surface area contributed by atoms with Gasteiger partial charge in [-0.1, -0.05) is 0 Å². The predicted molar refractivity (Wildman–Crippen MR) is 114 cm³/mol. The molecule has 0 amide bonds. The van der Waals surface area contributed by atoms with Gasteiger partial charge in [-0.05, 0) is 82.6 Å². The summed E-state index contributed by atoms with van der Waals surface area (Å²) in [6, 6.07) is 0. The molecule has 0 aliphatic heterocycles. The van der Waals surface area contributed by atoms with E-state index in [4.69, 9.17) is 0 Å². The Bertz CT molecular complexity index is 147. The summed E-state index contributed by atoms with van der Waals surface area (Å²) in [6.07, 6.45) is 4.03. The number of hydrogen-bond acceptors (Lipinski definition) is 4. The van der Waals surface area contributed by atoms with Gasteiger partial charge in [0.2, 0.25) is 0 Å². The second-order valence-corrected chi connectivity index (χ2v) is 6.63. The molecule has 152 valence electrons. The van der Waals surface area contributed by atoms with Crippen molar-refractivity contribution in [3.63, 3.8) is 0 Å². The van der Waals surface area contributed by atoms with Crippen molar-refractivity contribution in [1.82, 2.24) is 19.6 Å². The number of rotatable bonds is 8. The molecule has 0 atom stereocenters. The molecule has 0 radical (unpaired) electrons. The topological polar surface area (TPSA) is 13.0 Å². The van der Waals surface area contributed by atoms with E-state index in [-0.39, 0.29) is 26.2 Å². The van der Waals surface area contributed by atoms with E-state index in [1.807, 2.05) is 56.4 Å². The molecule has 5 heteroatoms. The molecule has 25 heavy (non-hydrogen) atoms. The van der Waals surface area contributed by atoms with Gasteiger partial charge in [-0.2, -0.15) is 25.7 Å². The largest absolute Gasteiger partial charge is 4.00 e. The first-order valence-electron chi connectivity index (χ1n) is 8.84. The smallest absolute Gasteiger partial charge is 0.342 e. The van der Waals surface area contributed by atoms with Gasteiger partial charge >= 0.3 is 26.2 Å². The van der Waals surface area contributed by atoms with Gasteiger partial charge in [0.25, 0.3) is 0 Å². The maximum absolute atomic E-state index is 3.68. The van der Waals surface area contributed by atoms with Crippen LogP contribution in [0.3, 0.4) is 0 Å². The van der Waals surface area contributed by atoms with Crippen molar-refractivity contribution < 1.29 is 26.2 Å². The Balaban J connectivity index is -0.0000000702. The Morgan fingerprint density at radius 2 is 0.520 bits per heavy atom. The van der Waals surface area contributed by atoms with Crippen molar-refractivity contribution >= 4 is 0 Å². The fourth-order valence-corrected chi connectivity index (χ4v) is 1.26. The Labute approximate surface area is 181 Å². The van der Waals surface area contributed by atoms with E-state index >= 15 is 0 Å². The average molecular weight is 436 g/mol. The SMILES string of the molecule is [CH2-]CCN(C)C.[CH2-]CCN(C)C.[CH2-]CCN(C)C.[CH2-]CCN(C)C.[Zr+4]. The number of hydrogen-bond donors (Lipinski definition) is 0. The summed E-state index contributed by atoms with van der Waals surface area (Å²) in [6.45, 7) is 19.1. The maximum Gasteiger partial charge on any atom is 4.00 e. The minimum atomic E-state index is 0. The van der Waals surface area contributed by atoms with Crippen LogP contribution in [-0.4, -0.2) is 102 Å². The van der Waals surface area contributed by atoms with E-state index in [0.29, 0.717) is 0 Å². The monoisotopic (exact) mass is 434 g/mol. The van der Waals surface area contributed by atoms with Crippen LogP contribution < -0.4 is 0 Å². The summed E-state index contributed by atoms with van der Waals surface area (Å²) in [5, 5.41) is 0. The third-order valence-corrected chi connectivity index (χ3v) is 2.42. The predicted octanol–water partition coefficient (Wildman–Crippen LogP) is 3.09. The van der Waals surface area contributed by atoms with Crippen LogP contribution >= 0.6 is 0 Å². The summed E-state index contributed by atoms with van der Waals surface area (Å²) < 4.78 is 0. The summed E-state index contributed by atoms with van der Waals surface area (Å²) in [5.41, 5.74) is 0. The van der Waals surface area contributed by atoms with Crippen LogP contribution in [0.25, 0.3) is 0 Å². The molecule has 0 fully saturated rings. The van der Waals surface area contributed by atoms with Crippen LogP contribution in [-0.2, 0) is 26.2 Å². The molecule has 0 saturated carbocycles. The zero-order valence-electron chi connectivity index (χ0n) is 18.8. The van der Waals surface area contributed by atoms with E-state index in [1.54, 1.807) is 0 Å². The molecule has 0 heterocycles. The van der Waals surface area contributed by atoms with Crippen LogP contribution in [0, 0.1) is 27.7 Å². The van der Waals surface area contributed by atoms with Crippen molar-refractivity contribution in [3.05, 3.63) is 27.7 Å². The fourth-order valence-electron chi connectivity index (χ4n) is 1.26. The summed E-state index contributed by atoms with van der Waals surface area (Å²) in [4.78, 5) is 8.47. The third-order valence-electron chi connectivity index (χ3n) is 2.42. The Morgan fingerprint density at radius 1 is 0.400 bits per heavy atom. The van der Waals surface area contributed by atoms with E-state index < -0.39 is 0 Å². The zero-order chi connectivity index (χ0) is 20.0. The van der Waals surface area contributed by atoms with Gasteiger partial charge in [0, 0.05) is 0 Å². The Morgan fingerprint density at radius 3 is 0.520 bits per heavy atom. The van der Waals surface area contributed by atoms with E-state index in [1.165, 1.54) is 0 Å². The van der Waals surface area contributed by atoms with Gasteiger partial charge in [-0.15, -0.1) is 0 Å². The molecule has 0 rings (SSSR count). The molecule has 0 N–H and O–H groups in total. The minimum absolute atomic E-state index is 0. The maximum atomic E-state index is 3.68. The molecule has 0 aromatic carbocycles. The molecular formula is C20H48N4Zr. The molecule has 0 aromatic heterocycles. The molecule has 0 aliphatic rings. The Hall–Kier alpha value is 0.723. The fraction of sp³-hybridized carbons (Fsp3) is 0.800. The van der Waals surface area contributed by atoms with Gasteiger partial charge < -0.3 is 47.3 Å². The van der Waals surface area contributed by atoms with Crippen molar-refractivity contribution in [2.75, 3.05) is 82.6 Å². The summed E-state index contributed by atoms with van der Waals surface area (Å²) in [5.74, 6) is 0. The number of nitrogens with zero attached hydrogens (tertiary/aromatic N) is 4. The molecule has 0 bridgehead atoms. The molecule has 0 unspecified atom stereocenters. The molecule has 0 aromatic rings. The van der Waals surface area contributed by atoms with Crippen LogP contribution in [0.4, 0.5) is 0 Å². The summed E-state index contributed by atoms with van der Waals surface area (Å²) >= 11 is 0. The average Bonchev–Trinajstić information content (AvgIpc) is 2.39. The molecular weight excluding hydrogens is 387 g/mol. The van der Waals surface area contributed by atoms with E-state index in [2.05, 4.69) is 47.3 Å². The molecule has 4 nitrogen and oxygen atoms in total. The quantitative estimate of drug-likeness (QED) is 0.543. The first kappa shape index (κ1) is 36.6. The van der Waals surface area contributed by atoms with E-state index in [0.717, 1.165) is 51.9 Å². The van der Waals surface area contributed by atoms with Crippen LogP contribution in [0.15, 0.2) is 0 Å². The van der Waals surface area contributed by atoms with E-state index in [9.17, 15) is 0 Å². The minimum Gasteiger partial charge on any atom is -0.342 e. The second-order valence-electron chi connectivity index (χ2n) is 6.63. The Kier molecular flexibility index (Phi) is 47.4. The van der Waals surface area contributed by atoms with Crippen LogP contribution in [0.1, 0.15) is 25.7 Å². The molecule has 0 aliphatic carbocycles. The first-order chi connectivity index (χ1) is 11.1. The van der Waals surface area contributed by atoms with Gasteiger partial charge in [0.05, 0.1) is 0 Å². The zero-order valence-corrected chi connectivity index (χ0v) is 21.2. The third kappa shape index (κ3) is 78.9. The first-order valence-corrected chi connectivity index (χ1v) is 8.84. The van der Waals surface area contributed by atoms with Gasteiger partial charge in [-0.3, -0.25) is 0 Å². The normalized spacial score (nSPS) is 9.60. The van der Waals surface area contributed by atoms with Crippen LogP contribution in [0.5, 0.6) is 0 Å². The molecule has 0 saturated heterocycles. The summed E-state index contributed by atoms with van der Waals surface area (Å²) in [7, 11) is 16.4. The van der Waals surface area contributed by atoms with Gasteiger partial charge in [0.15, 0.2) is 0 Å². The van der Waals surface area contributed by atoms with Gasteiger partial charge in [-0.25, -0.2) is 0 Å². The van der Waals surface area contributed by atoms with Gasteiger partial charge in [0.1, 0.15) is 0 Å². The van der Waals surface area contributed by atoms with Crippen LogP contribution in [0.2, 0.25) is 0 Å². The second kappa shape index (κ2) is 32.4. The van der Waals surface area contributed by atoms with Crippen molar-refractivity contribution in [3.8, 4) is 0 Å². The standard InChI is InChI=1S/4C5H12N.Zr/c4*1-4-5-6(2)3;/h4*1,4-5H2,2-3H3;/q4*-1;+4. The van der Waals surface area contributed by atoms with Crippen molar-refractivity contribution in [2.45, 2.75) is 25.7 Å². The molecule has 0 spiro atoms.